The molecule has 1 saturated heterocycles. The van der Waals surface area contributed by atoms with E-state index < -0.39 is 0 Å². The quantitative estimate of drug-likeness (QED) is 0.833. The Kier molecular flexibility index (Phi) is 4.79. The summed E-state index contributed by atoms with van der Waals surface area (Å²) in [5.41, 5.74) is 0. The molecule has 3 heterocycles. The van der Waals surface area contributed by atoms with Crippen LogP contribution < -0.4 is 10.2 Å². The monoisotopic (exact) mass is 303 g/mol. The maximum Gasteiger partial charge on any atom is 0.315 e. The van der Waals surface area contributed by atoms with Crippen molar-refractivity contribution in [2.24, 2.45) is 0 Å². The summed E-state index contributed by atoms with van der Waals surface area (Å²) in [6.45, 7) is 7.65. The standard InChI is InChI=1S/C14H21N7O/c1-2-12-18-19-14(22-12)17-6-7-20-8-10-21(11-9-20)13-15-4-3-5-16-13/h3-5H,2,6-11H2,1H3,(H,17,19). The Morgan fingerprint density at radius 1 is 1.14 bits per heavy atom. The van der Waals surface area contributed by atoms with Crippen molar-refractivity contribution in [2.75, 3.05) is 49.5 Å². The second-order valence-electron chi connectivity index (χ2n) is 5.16. The highest BCUT2D eigenvalue weighted by atomic mass is 16.4. The van der Waals surface area contributed by atoms with Crippen molar-refractivity contribution < 1.29 is 4.42 Å². The molecule has 0 saturated carbocycles. The second kappa shape index (κ2) is 7.17. The summed E-state index contributed by atoms with van der Waals surface area (Å²) >= 11 is 0. The predicted octanol–water partition coefficient (Wildman–Crippen LogP) is 0.656. The number of nitrogens with one attached hydrogen (secondary N) is 1. The number of piperazine rings is 1. The fourth-order valence-electron chi connectivity index (χ4n) is 2.41. The van der Waals surface area contributed by atoms with E-state index in [1.807, 2.05) is 13.0 Å². The fraction of sp³-hybridized carbons (Fsp3) is 0.571. The summed E-state index contributed by atoms with van der Waals surface area (Å²) < 4.78 is 5.42. The largest absolute Gasteiger partial charge is 0.408 e. The van der Waals surface area contributed by atoms with Crippen LogP contribution in [0.5, 0.6) is 0 Å². The number of rotatable bonds is 6. The van der Waals surface area contributed by atoms with Crippen LogP contribution in [-0.4, -0.2) is 64.3 Å². The van der Waals surface area contributed by atoms with Crippen LogP contribution in [0.3, 0.4) is 0 Å². The summed E-state index contributed by atoms with van der Waals surface area (Å²) in [6, 6.07) is 2.35. The molecular weight excluding hydrogens is 282 g/mol. The highest BCUT2D eigenvalue weighted by molar-refractivity contribution is 5.29. The zero-order valence-corrected chi connectivity index (χ0v) is 12.8. The Labute approximate surface area is 129 Å². The van der Waals surface area contributed by atoms with E-state index in [4.69, 9.17) is 4.42 Å². The lowest BCUT2D eigenvalue weighted by Gasteiger charge is -2.34. The molecule has 0 unspecified atom stereocenters. The minimum absolute atomic E-state index is 0.508. The molecule has 8 nitrogen and oxygen atoms in total. The van der Waals surface area contributed by atoms with Gasteiger partial charge in [0.1, 0.15) is 0 Å². The van der Waals surface area contributed by atoms with E-state index in [-0.39, 0.29) is 0 Å². The molecule has 0 atom stereocenters. The van der Waals surface area contributed by atoms with E-state index >= 15 is 0 Å². The molecule has 2 aromatic rings. The zero-order chi connectivity index (χ0) is 15.2. The number of hydrogen-bond donors (Lipinski definition) is 1. The maximum absolute atomic E-state index is 5.42. The second-order valence-corrected chi connectivity index (χ2v) is 5.16. The van der Waals surface area contributed by atoms with Crippen molar-refractivity contribution in [3.8, 4) is 0 Å². The first-order valence-electron chi connectivity index (χ1n) is 7.65. The first kappa shape index (κ1) is 14.7. The first-order chi connectivity index (χ1) is 10.8. The summed E-state index contributed by atoms with van der Waals surface area (Å²) in [7, 11) is 0. The van der Waals surface area contributed by atoms with Crippen LogP contribution in [0.2, 0.25) is 0 Å². The van der Waals surface area contributed by atoms with Crippen LogP contribution in [0.4, 0.5) is 12.0 Å². The van der Waals surface area contributed by atoms with Crippen LogP contribution in [0.1, 0.15) is 12.8 Å². The lowest BCUT2D eigenvalue weighted by molar-refractivity contribution is 0.265. The molecule has 1 N–H and O–H groups in total. The fourth-order valence-corrected chi connectivity index (χ4v) is 2.41. The van der Waals surface area contributed by atoms with E-state index in [0.717, 1.165) is 51.6 Å². The first-order valence-corrected chi connectivity index (χ1v) is 7.65. The van der Waals surface area contributed by atoms with E-state index in [1.165, 1.54) is 0 Å². The van der Waals surface area contributed by atoms with E-state index in [9.17, 15) is 0 Å². The van der Waals surface area contributed by atoms with Gasteiger partial charge in [-0.1, -0.05) is 12.0 Å². The molecule has 0 aliphatic carbocycles. The maximum atomic E-state index is 5.42. The normalized spacial score (nSPS) is 16.0. The molecule has 0 bridgehead atoms. The van der Waals surface area contributed by atoms with Crippen LogP contribution in [0, 0.1) is 0 Å². The lowest BCUT2D eigenvalue weighted by atomic mass is 10.3. The molecule has 0 aromatic carbocycles. The molecule has 1 aliphatic rings. The third kappa shape index (κ3) is 3.70. The Morgan fingerprint density at radius 3 is 2.59 bits per heavy atom. The third-order valence-corrected chi connectivity index (χ3v) is 3.68. The van der Waals surface area contributed by atoms with Gasteiger partial charge in [-0.05, 0) is 6.07 Å². The highest BCUT2D eigenvalue weighted by Crippen LogP contribution is 2.10. The molecule has 2 aromatic heterocycles. The van der Waals surface area contributed by atoms with Gasteiger partial charge >= 0.3 is 6.01 Å². The molecule has 1 fully saturated rings. The topological polar surface area (TPSA) is 83.2 Å². The molecule has 22 heavy (non-hydrogen) atoms. The Bertz CT molecular complexity index is 566. The van der Waals surface area contributed by atoms with E-state index in [0.29, 0.717) is 11.9 Å². The van der Waals surface area contributed by atoms with Gasteiger partial charge in [0.15, 0.2) is 0 Å². The summed E-state index contributed by atoms with van der Waals surface area (Å²) in [4.78, 5) is 13.2. The van der Waals surface area contributed by atoms with Gasteiger partial charge in [0.05, 0.1) is 0 Å². The molecule has 0 amide bonds. The van der Waals surface area contributed by atoms with Crippen LogP contribution in [-0.2, 0) is 6.42 Å². The Morgan fingerprint density at radius 2 is 1.91 bits per heavy atom. The summed E-state index contributed by atoms with van der Waals surface area (Å²) in [5.74, 6) is 1.48. The van der Waals surface area contributed by atoms with Crippen molar-refractivity contribution in [1.29, 1.82) is 0 Å². The number of anilines is 2. The van der Waals surface area contributed by atoms with Gasteiger partial charge in [-0.25, -0.2) is 9.97 Å². The van der Waals surface area contributed by atoms with Gasteiger partial charge in [0, 0.05) is 58.1 Å². The molecular formula is C14H21N7O. The number of nitrogens with zero attached hydrogens (tertiary/aromatic N) is 6. The van der Waals surface area contributed by atoms with Gasteiger partial charge in [-0.3, -0.25) is 4.90 Å². The van der Waals surface area contributed by atoms with Crippen molar-refractivity contribution in [1.82, 2.24) is 25.1 Å². The average Bonchev–Trinajstić information content (AvgIpc) is 3.04. The van der Waals surface area contributed by atoms with Crippen molar-refractivity contribution in [2.45, 2.75) is 13.3 Å². The zero-order valence-electron chi connectivity index (χ0n) is 12.8. The Balaban J connectivity index is 1.39. The number of hydrogen-bond acceptors (Lipinski definition) is 8. The summed E-state index contributed by atoms with van der Waals surface area (Å²) in [6.07, 6.45) is 4.33. The van der Waals surface area contributed by atoms with Gasteiger partial charge in [0.25, 0.3) is 0 Å². The van der Waals surface area contributed by atoms with E-state index in [2.05, 4.69) is 35.3 Å². The van der Waals surface area contributed by atoms with Crippen molar-refractivity contribution in [3.05, 3.63) is 24.4 Å². The van der Waals surface area contributed by atoms with E-state index in [1.54, 1.807) is 12.4 Å². The Hall–Kier alpha value is -2.22. The molecule has 0 radical (unpaired) electrons. The average molecular weight is 303 g/mol. The summed E-state index contributed by atoms with van der Waals surface area (Å²) in [5, 5.41) is 11.0. The minimum Gasteiger partial charge on any atom is -0.408 e. The smallest absolute Gasteiger partial charge is 0.315 e. The molecule has 1 aliphatic heterocycles. The molecule has 8 heteroatoms. The lowest BCUT2D eigenvalue weighted by Crippen LogP contribution is -2.48. The molecule has 118 valence electrons. The highest BCUT2D eigenvalue weighted by Gasteiger charge is 2.18. The van der Waals surface area contributed by atoms with Crippen molar-refractivity contribution in [3.63, 3.8) is 0 Å². The van der Waals surface area contributed by atoms with Gasteiger partial charge in [-0.15, -0.1) is 5.10 Å². The van der Waals surface area contributed by atoms with Gasteiger partial charge < -0.3 is 14.6 Å². The number of aryl methyl sites for hydroxylation is 1. The van der Waals surface area contributed by atoms with Crippen molar-refractivity contribution >= 4 is 12.0 Å². The van der Waals surface area contributed by atoms with Crippen LogP contribution >= 0.6 is 0 Å². The third-order valence-electron chi connectivity index (χ3n) is 3.68. The van der Waals surface area contributed by atoms with Gasteiger partial charge in [0.2, 0.25) is 11.8 Å². The SMILES string of the molecule is CCc1nnc(NCCN2CCN(c3ncccn3)CC2)o1. The molecule has 0 spiro atoms. The molecule has 3 rings (SSSR count). The number of aromatic nitrogens is 4. The van der Waals surface area contributed by atoms with Crippen LogP contribution in [0.25, 0.3) is 0 Å². The predicted molar refractivity (Wildman–Crippen MR) is 82.9 cm³/mol. The minimum atomic E-state index is 0.508. The van der Waals surface area contributed by atoms with Gasteiger partial charge in [-0.2, -0.15) is 0 Å². The van der Waals surface area contributed by atoms with Crippen LogP contribution in [0.15, 0.2) is 22.9 Å².